The molecule has 138 valence electrons. The lowest BCUT2D eigenvalue weighted by Crippen LogP contribution is -2.52. The molecule has 1 aliphatic carbocycles. The third kappa shape index (κ3) is 3.07. The number of carbonyl (C=O) groups excluding carboxylic acids is 3. The van der Waals surface area contributed by atoms with Crippen LogP contribution in [0.15, 0.2) is 18.2 Å². The van der Waals surface area contributed by atoms with E-state index >= 15 is 0 Å². The summed E-state index contributed by atoms with van der Waals surface area (Å²) in [5.41, 5.74) is 7.59. The van der Waals surface area contributed by atoms with Gasteiger partial charge in [-0.2, -0.15) is 0 Å². The lowest BCUT2D eigenvalue weighted by molar-refractivity contribution is -0.136. The molecule has 0 aromatic heterocycles. The van der Waals surface area contributed by atoms with Gasteiger partial charge in [-0.25, -0.2) is 0 Å². The van der Waals surface area contributed by atoms with E-state index in [1.54, 1.807) is 17.0 Å². The molecular weight excluding hydrogens is 334 g/mol. The van der Waals surface area contributed by atoms with Gasteiger partial charge in [0, 0.05) is 24.6 Å². The first-order chi connectivity index (χ1) is 12.5. The summed E-state index contributed by atoms with van der Waals surface area (Å²) >= 11 is 0. The van der Waals surface area contributed by atoms with Crippen LogP contribution in [0.3, 0.4) is 0 Å². The molecule has 7 nitrogen and oxygen atoms in total. The van der Waals surface area contributed by atoms with E-state index in [9.17, 15) is 14.4 Å². The highest BCUT2D eigenvalue weighted by atomic mass is 16.5. The molecule has 3 aliphatic rings. The molecule has 0 radical (unpaired) electrons. The van der Waals surface area contributed by atoms with Gasteiger partial charge < -0.3 is 15.4 Å². The first kappa shape index (κ1) is 17.0. The van der Waals surface area contributed by atoms with Gasteiger partial charge in [-0.15, -0.1) is 0 Å². The van der Waals surface area contributed by atoms with Gasteiger partial charge >= 0.3 is 0 Å². The van der Waals surface area contributed by atoms with E-state index in [1.807, 2.05) is 6.07 Å². The van der Waals surface area contributed by atoms with Gasteiger partial charge in [-0.05, 0) is 49.4 Å². The van der Waals surface area contributed by atoms with Gasteiger partial charge in [-0.3, -0.25) is 19.7 Å². The average Bonchev–Trinajstić information content (AvgIpc) is 2.93. The van der Waals surface area contributed by atoms with Crippen LogP contribution in [-0.2, 0) is 16.1 Å². The summed E-state index contributed by atoms with van der Waals surface area (Å²) < 4.78 is 6.07. The fourth-order valence-electron chi connectivity index (χ4n) is 4.07. The largest absolute Gasteiger partial charge is 0.489 e. The molecule has 1 aromatic carbocycles. The minimum absolute atomic E-state index is 0.00476. The van der Waals surface area contributed by atoms with Crippen molar-refractivity contribution in [1.82, 2.24) is 10.2 Å². The monoisotopic (exact) mass is 357 g/mol. The molecule has 0 bridgehead atoms. The summed E-state index contributed by atoms with van der Waals surface area (Å²) in [6.45, 7) is 0.356. The Morgan fingerprint density at radius 1 is 1.12 bits per heavy atom. The minimum Gasteiger partial charge on any atom is -0.489 e. The third-order valence-electron chi connectivity index (χ3n) is 5.54. The van der Waals surface area contributed by atoms with Crippen LogP contribution in [0, 0.1) is 0 Å². The van der Waals surface area contributed by atoms with Crippen molar-refractivity contribution in [3.63, 3.8) is 0 Å². The lowest BCUT2D eigenvalue weighted by Gasteiger charge is -2.29. The van der Waals surface area contributed by atoms with Crippen LogP contribution in [0.1, 0.15) is 54.4 Å². The number of carbonyl (C=O) groups is 3. The predicted molar refractivity (Wildman–Crippen MR) is 93.3 cm³/mol. The maximum absolute atomic E-state index is 12.7. The zero-order valence-corrected chi connectivity index (χ0v) is 14.6. The summed E-state index contributed by atoms with van der Waals surface area (Å²) in [6.07, 6.45) is 4.79. The fourth-order valence-corrected chi connectivity index (χ4v) is 4.07. The van der Waals surface area contributed by atoms with Crippen molar-refractivity contribution in [3.05, 3.63) is 29.3 Å². The number of piperidine rings is 1. The molecule has 4 rings (SSSR count). The quantitative estimate of drug-likeness (QED) is 0.789. The Balaban J connectivity index is 1.49. The molecule has 1 aromatic rings. The predicted octanol–water partition coefficient (Wildman–Crippen LogP) is 1.10. The molecule has 2 aliphatic heterocycles. The highest BCUT2D eigenvalue weighted by molar-refractivity contribution is 6.05. The SMILES string of the molecule is N[C@@H]1CCCC[C@H]1Oc1ccc2c(c1)CN(C1CCC(=O)NC1=O)C2=O. The molecule has 3 N–H and O–H groups in total. The Hall–Kier alpha value is -2.41. The zero-order chi connectivity index (χ0) is 18.3. The number of fused-ring (bicyclic) bond motifs is 1. The van der Waals surface area contributed by atoms with Gasteiger partial charge in [-0.1, -0.05) is 6.42 Å². The van der Waals surface area contributed by atoms with Gasteiger partial charge in [0.05, 0.1) is 0 Å². The Bertz CT molecular complexity index is 763. The van der Waals surface area contributed by atoms with Gasteiger partial charge in [0.25, 0.3) is 5.91 Å². The van der Waals surface area contributed by atoms with Crippen LogP contribution in [0.25, 0.3) is 0 Å². The zero-order valence-electron chi connectivity index (χ0n) is 14.6. The van der Waals surface area contributed by atoms with E-state index in [-0.39, 0.29) is 30.4 Å². The maximum atomic E-state index is 12.7. The number of nitrogens with one attached hydrogen (secondary N) is 1. The number of rotatable bonds is 3. The second kappa shape index (κ2) is 6.72. The number of amides is 3. The van der Waals surface area contributed by atoms with Crippen molar-refractivity contribution in [2.24, 2.45) is 5.73 Å². The summed E-state index contributed by atoms with van der Waals surface area (Å²) in [4.78, 5) is 37.6. The molecule has 7 heteroatoms. The molecule has 2 heterocycles. The van der Waals surface area contributed by atoms with Crippen molar-refractivity contribution in [2.45, 2.75) is 63.3 Å². The molecular formula is C19H23N3O4. The van der Waals surface area contributed by atoms with Crippen molar-refractivity contribution in [1.29, 1.82) is 0 Å². The smallest absolute Gasteiger partial charge is 0.255 e. The lowest BCUT2D eigenvalue weighted by atomic mass is 9.93. The van der Waals surface area contributed by atoms with Gasteiger partial charge in [0.1, 0.15) is 17.9 Å². The molecule has 2 fully saturated rings. The first-order valence-corrected chi connectivity index (χ1v) is 9.23. The molecule has 3 amide bonds. The van der Waals surface area contributed by atoms with Gasteiger partial charge in [0.2, 0.25) is 11.8 Å². The normalized spacial score (nSPS) is 28.7. The Kier molecular flexibility index (Phi) is 4.40. The summed E-state index contributed by atoms with van der Waals surface area (Å²) in [7, 11) is 0. The number of nitrogens with zero attached hydrogens (tertiary/aromatic N) is 1. The minimum atomic E-state index is -0.594. The standard InChI is InChI=1S/C19H23N3O4/c20-14-3-1-2-4-16(14)26-12-5-6-13-11(9-12)10-22(19(13)25)15-7-8-17(23)21-18(15)24/h5-6,9,14-16H,1-4,7-8,10,20H2,(H,21,23,24)/t14-,15?,16-/m1/s1. The van der Waals surface area contributed by atoms with Crippen molar-refractivity contribution in [3.8, 4) is 5.75 Å². The first-order valence-electron chi connectivity index (χ1n) is 9.23. The highest BCUT2D eigenvalue weighted by Crippen LogP contribution is 2.31. The second-order valence-corrected chi connectivity index (χ2v) is 7.32. The highest BCUT2D eigenvalue weighted by Gasteiger charge is 2.39. The number of imide groups is 1. The van der Waals surface area contributed by atoms with Crippen LogP contribution >= 0.6 is 0 Å². The van der Waals surface area contributed by atoms with Crippen LogP contribution in [0.2, 0.25) is 0 Å². The molecule has 1 saturated heterocycles. The van der Waals surface area contributed by atoms with E-state index < -0.39 is 11.9 Å². The molecule has 26 heavy (non-hydrogen) atoms. The number of hydrogen-bond acceptors (Lipinski definition) is 5. The average molecular weight is 357 g/mol. The Morgan fingerprint density at radius 3 is 2.69 bits per heavy atom. The fraction of sp³-hybridized carbons (Fsp3) is 0.526. The van der Waals surface area contributed by atoms with Crippen LogP contribution in [-0.4, -0.2) is 40.8 Å². The number of ether oxygens (including phenoxy) is 1. The van der Waals surface area contributed by atoms with Crippen molar-refractivity contribution < 1.29 is 19.1 Å². The molecule has 0 spiro atoms. The van der Waals surface area contributed by atoms with E-state index in [1.165, 1.54) is 0 Å². The molecule has 3 atom stereocenters. The van der Waals surface area contributed by atoms with Crippen LogP contribution in [0.5, 0.6) is 5.75 Å². The second-order valence-electron chi connectivity index (χ2n) is 7.32. The number of hydrogen-bond donors (Lipinski definition) is 2. The van der Waals surface area contributed by atoms with E-state index in [4.69, 9.17) is 10.5 Å². The third-order valence-corrected chi connectivity index (χ3v) is 5.54. The van der Waals surface area contributed by atoms with Gasteiger partial charge in [0.15, 0.2) is 0 Å². The van der Waals surface area contributed by atoms with Crippen molar-refractivity contribution >= 4 is 17.7 Å². The molecule has 1 unspecified atom stereocenters. The van der Waals surface area contributed by atoms with E-state index in [0.717, 1.165) is 31.2 Å². The molecule has 1 saturated carbocycles. The maximum Gasteiger partial charge on any atom is 0.255 e. The van der Waals surface area contributed by atoms with Crippen molar-refractivity contribution in [2.75, 3.05) is 0 Å². The topological polar surface area (TPSA) is 102 Å². The summed E-state index contributed by atoms with van der Waals surface area (Å²) in [5, 5.41) is 2.31. The van der Waals surface area contributed by atoms with Crippen LogP contribution in [0.4, 0.5) is 0 Å². The number of nitrogens with two attached hydrogens (primary N) is 1. The number of benzene rings is 1. The Labute approximate surface area is 151 Å². The van der Waals surface area contributed by atoms with Crippen LogP contribution < -0.4 is 15.8 Å². The summed E-state index contributed by atoms with van der Waals surface area (Å²) in [5.74, 6) is -0.138. The van der Waals surface area contributed by atoms with E-state index in [2.05, 4.69) is 5.32 Å². The Morgan fingerprint density at radius 2 is 1.92 bits per heavy atom. The van der Waals surface area contributed by atoms with E-state index in [0.29, 0.717) is 24.3 Å². The summed E-state index contributed by atoms with van der Waals surface area (Å²) in [6, 6.07) is 4.88.